The molecule has 0 saturated heterocycles. The molecule has 0 radical (unpaired) electrons. The van der Waals surface area contributed by atoms with E-state index in [-0.39, 0.29) is 18.2 Å². The number of carbonyl (C=O) groups excluding carboxylic acids is 1. The maximum atomic E-state index is 11.7. The molecule has 0 aliphatic heterocycles. The van der Waals surface area contributed by atoms with Crippen molar-refractivity contribution in [1.29, 1.82) is 0 Å². The lowest BCUT2D eigenvalue weighted by molar-refractivity contribution is -0.142. The average Bonchev–Trinajstić information content (AvgIpc) is 2.42. The van der Waals surface area contributed by atoms with Crippen LogP contribution in [0.2, 0.25) is 0 Å². The smallest absolute Gasteiger partial charge is 0.330 e. The fraction of sp³-hybridized carbons (Fsp3) is 0.429. The molecule has 104 valence electrons. The molecule has 0 aromatic heterocycles. The van der Waals surface area contributed by atoms with Gasteiger partial charge in [-0.15, -0.1) is 0 Å². The maximum Gasteiger partial charge on any atom is 0.330 e. The Morgan fingerprint density at radius 2 is 1.95 bits per heavy atom. The second-order valence-electron chi connectivity index (χ2n) is 4.63. The first kappa shape index (κ1) is 15.2. The lowest BCUT2D eigenvalue weighted by Gasteiger charge is -2.15. The largest absolute Gasteiger partial charge is 0.479 e. The Labute approximate surface area is 112 Å². The lowest BCUT2D eigenvalue weighted by Crippen LogP contribution is -2.34. The normalized spacial score (nSPS) is 13.6. The summed E-state index contributed by atoms with van der Waals surface area (Å²) < 4.78 is 0. The summed E-state index contributed by atoms with van der Waals surface area (Å²) in [5.41, 5.74) is 6.04. The summed E-state index contributed by atoms with van der Waals surface area (Å²) in [5, 5.41) is 11.7. The van der Waals surface area contributed by atoms with Crippen molar-refractivity contribution < 1.29 is 14.7 Å². The second-order valence-corrected chi connectivity index (χ2v) is 4.63. The molecule has 0 aliphatic carbocycles. The zero-order valence-electron chi connectivity index (χ0n) is 11.0. The van der Waals surface area contributed by atoms with Crippen molar-refractivity contribution in [3.8, 4) is 0 Å². The molecule has 2 atom stereocenters. The van der Waals surface area contributed by atoms with Gasteiger partial charge in [-0.2, -0.15) is 0 Å². The molecule has 0 spiro atoms. The van der Waals surface area contributed by atoms with Gasteiger partial charge in [0.25, 0.3) is 0 Å². The van der Waals surface area contributed by atoms with E-state index in [9.17, 15) is 9.59 Å². The summed E-state index contributed by atoms with van der Waals surface area (Å²) in [4.78, 5) is 22.9. The fourth-order valence-corrected chi connectivity index (χ4v) is 1.66. The Hall–Kier alpha value is -1.88. The maximum absolute atomic E-state index is 11.7. The summed E-state index contributed by atoms with van der Waals surface area (Å²) in [6, 6.07) is 7.65. The lowest BCUT2D eigenvalue weighted by atomic mass is 10.0. The number of aliphatic carboxylic acids is 1. The van der Waals surface area contributed by atoms with Gasteiger partial charge in [-0.05, 0) is 24.4 Å². The Balaban J connectivity index is 2.60. The molecule has 1 unspecified atom stereocenters. The average molecular weight is 264 g/mol. The number of hydrogen-bond donors (Lipinski definition) is 3. The quantitative estimate of drug-likeness (QED) is 0.692. The highest BCUT2D eigenvalue weighted by Gasteiger charge is 2.21. The molecule has 5 nitrogen and oxygen atoms in total. The molecule has 0 saturated carbocycles. The van der Waals surface area contributed by atoms with Crippen LogP contribution in [-0.4, -0.2) is 23.5 Å². The zero-order valence-corrected chi connectivity index (χ0v) is 11.0. The molecule has 5 heteroatoms. The van der Waals surface area contributed by atoms with Crippen LogP contribution in [0.1, 0.15) is 31.4 Å². The molecule has 1 aromatic carbocycles. The van der Waals surface area contributed by atoms with Crippen LogP contribution >= 0.6 is 0 Å². The third-order valence-corrected chi connectivity index (χ3v) is 2.95. The molecule has 1 amide bonds. The summed E-state index contributed by atoms with van der Waals surface area (Å²) in [5.74, 6) is -1.08. The number of carboxylic acids is 1. The van der Waals surface area contributed by atoms with E-state index < -0.39 is 12.0 Å². The van der Waals surface area contributed by atoms with Gasteiger partial charge >= 0.3 is 5.97 Å². The van der Waals surface area contributed by atoms with Gasteiger partial charge in [0.15, 0.2) is 6.04 Å². The Kier molecular flexibility index (Phi) is 6.02. The van der Waals surface area contributed by atoms with Gasteiger partial charge in [-0.25, -0.2) is 4.79 Å². The first-order chi connectivity index (χ1) is 9.04. The van der Waals surface area contributed by atoms with E-state index in [0.717, 1.165) is 0 Å². The van der Waals surface area contributed by atoms with E-state index in [1.54, 1.807) is 30.3 Å². The van der Waals surface area contributed by atoms with Crippen LogP contribution < -0.4 is 11.1 Å². The molecular weight excluding hydrogens is 244 g/mol. The van der Waals surface area contributed by atoms with E-state index in [4.69, 9.17) is 10.8 Å². The van der Waals surface area contributed by atoms with Crippen molar-refractivity contribution in [3.05, 3.63) is 35.9 Å². The van der Waals surface area contributed by atoms with E-state index in [1.165, 1.54) is 0 Å². The van der Waals surface area contributed by atoms with E-state index in [0.29, 0.717) is 18.5 Å². The second kappa shape index (κ2) is 7.53. The molecule has 1 rings (SSSR count). The fourth-order valence-electron chi connectivity index (χ4n) is 1.66. The summed E-state index contributed by atoms with van der Waals surface area (Å²) in [6.07, 6.45) is 0.943. The molecule has 0 aliphatic rings. The van der Waals surface area contributed by atoms with E-state index in [1.807, 2.05) is 6.92 Å². The third kappa shape index (κ3) is 5.09. The number of nitrogens with two attached hydrogens (primary N) is 1. The van der Waals surface area contributed by atoms with Gasteiger partial charge in [-0.3, -0.25) is 4.79 Å². The highest BCUT2D eigenvalue weighted by Crippen LogP contribution is 2.13. The standard InChI is InChI=1S/C14H20N2O3/c1-10(9-15)7-8-12(17)16-13(14(18)19)11-5-3-2-4-6-11/h2-6,10,13H,7-9,15H2,1H3,(H,16,17)(H,18,19)/t10?,13-/m1/s1. The molecule has 0 bridgehead atoms. The van der Waals surface area contributed by atoms with Gasteiger partial charge in [0.05, 0.1) is 0 Å². The van der Waals surface area contributed by atoms with Crippen LogP contribution in [0.15, 0.2) is 30.3 Å². The third-order valence-electron chi connectivity index (χ3n) is 2.95. The predicted octanol–water partition coefficient (Wildman–Crippen LogP) is 1.30. The Morgan fingerprint density at radius 3 is 2.47 bits per heavy atom. The van der Waals surface area contributed by atoms with E-state index >= 15 is 0 Å². The van der Waals surface area contributed by atoms with Gasteiger partial charge in [0.1, 0.15) is 0 Å². The Morgan fingerprint density at radius 1 is 1.32 bits per heavy atom. The van der Waals surface area contributed by atoms with Crippen molar-refractivity contribution in [2.45, 2.75) is 25.8 Å². The van der Waals surface area contributed by atoms with Crippen LogP contribution in [0.25, 0.3) is 0 Å². The topological polar surface area (TPSA) is 92.4 Å². The number of hydrogen-bond acceptors (Lipinski definition) is 3. The minimum absolute atomic E-state index is 0.255. The number of rotatable bonds is 7. The van der Waals surface area contributed by atoms with Crippen LogP contribution in [0.4, 0.5) is 0 Å². The molecule has 1 aromatic rings. The monoisotopic (exact) mass is 264 g/mol. The molecule has 0 fully saturated rings. The number of amides is 1. The van der Waals surface area contributed by atoms with Crippen molar-refractivity contribution in [1.82, 2.24) is 5.32 Å². The zero-order chi connectivity index (χ0) is 14.3. The summed E-state index contributed by atoms with van der Waals surface area (Å²) >= 11 is 0. The number of nitrogens with one attached hydrogen (secondary N) is 1. The molecule has 4 N–H and O–H groups in total. The van der Waals surface area contributed by atoms with Gasteiger partial charge in [-0.1, -0.05) is 37.3 Å². The van der Waals surface area contributed by atoms with Crippen LogP contribution in [-0.2, 0) is 9.59 Å². The van der Waals surface area contributed by atoms with Crippen LogP contribution in [0.5, 0.6) is 0 Å². The number of carbonyl (C=O) groups is 2. The van der Waals surface area contributed by atoms with Crippen molar-refractivity contribution >= 4 is 11.9 Å². The van der Waals surface area contributed by atoms with Gasteiger partial charge in [0, 0.05) is 6.42 Å². The number of benzene rings is 1. The summed E-state index contributed by atoms with van der Waals surface area (Å²) in [7, 11) is 0. The SMILES string of the molecule is CC(CN)CCC(=O)N[C@@H](C(=O)O)c1ccccc1. The highest BCUT2D eigenvalue weighted by atomic mass is 16.4. The predicted molar refractivity (Wildman–Crippen MR) is 72.4 cm³/mol. The molecular formula is C14H20N2O3. The molecule has 0 heterocycles. The first-order valence-electron chi connectivity index (χ1n) is 6.31. The Bertz CT molecular complexity index is 420. The number of carboxylic acid groups (broad SMARTS) is 1. The first-order valence-corrected chi connectivity index (χ1v) is 6.31. The van der Waals surface area contributed by atoms with Crippen molar-refractivity contribution in [2.75, 3.05) is 6.54 Å². The van der Waals surface area contributed by atoms with Gasteiger partial charge < -0.3 is 16.2 Å². The van der Waals surface area contributed by atoms with Crippen molar-refractivity contribution in [2.24, 2.45) is 11.7 Å². The van der Waals surface area contributed by atoms with Crippen LogP contribution in [0, 0.1) is 5.92 Å². The summed E-state index contributed by atoms with van der Waals surface area (Å²) in [6.45, 7) is 2.48. The minimum atomic E-state index is -1.06. The van der Waals surface area contributed by atoms with Crippen molar-refractivity contribution in [3.63, 3.8) is 0 Å². The van der Waals surface area contributed by atoms with E-state index in [2.05, 4.69) is 5.32 Å². The van der Waals surface area contributed by atoms with Gasteiger partial charge in [0.2, 0.25) is 5.91 Å². The highest BCUT2D eigenvalue weighted by molar-refractivity contribution is 5.84. The van der Waals surface area contributed by atoms with Crippen LogP contribution in [0.3, 0.4) is 0 Å². The molecule has 19 heavy (non-hydrogen) atoms. The minimum Gasteiger partial charge on any atom is -0.479 e.